The number of imidazole rings is 1. The number of aliphatic hydroxyl groups excluding tert-OH is 1. The van der Waals surface area contributed by atoms with Gasteiger partial charge in [0.15, 0.2) is 11.2 Å². The third kappa shape index (κ3) is 6.00. The first-order valence-electron chi connectivity index (χ1n) is 10.2. The molecule has 0 spiro atoms. The van der Waals surface area contributed by atoms with Crippen molar-refractivity contribution in [3.63, 3.8) is 0 Å². The number of unbranched alkanes of at least 4 members (excludes halogenated alkanes) is 2. The molecule has 1 atom stereocenters. The maximum atomic E-state index is 12.6. The number of H-pyrrole nitrogens is 1. The highest BCUT2D eigenvalue weighted by molar-refractivity contribution is 5.80. The molecule has 0 aromatic carbocycles. The van der Waals surface area contributed by atoms with Crippen LogP contribution in [0.3, 0.4) is 0 Å². The fourth-order valence-corrected chi connectivity index (χ4v) is 3.03. The zero-order chi connectivity index (χ0) is 22.1. The van der Waals surface area contributed by atoms with Gasteiger partial charge < -0.3 is 26.0 Å². The van der Waals surface area contributed by atoms with Gasteiger partial charge in [-0.2, -0.15) is 4.98 Å². The predicted molar refractivity (Wildman–Crippen MR) is 111 cm³/mol. The highest BCUT2D eigenvalue weighted by Crippen LogP contribution is 2.21. The number of anilines is 1. The van der Waals surface area contributed by atoms with Gasteiger partial charge in [0, 0.05) is 0 Å². The fourth-order valence-electron chi connectivity index (χ4n) is 3.03. The van der Waals surface area contributed by atoms with Crippen LogP contribution in [0.15, 0.2) is 11.1 Å². The molecule has 2 aromatic heterocycles. The van der Waals surface area contributed by atoms with Crippen molar-refractivity contribution in [3.8, 4) is 0 Å². The number of nitrogens with zero attached hydrogens (tertiary/aromatic N) is 3. The van der Waals surface area contributed by atoms with Crippen molar-refractivity contribution >= 4 is 23.1 Å². The SMILES string of the molecule is CCCCC(N)(CCCC)C(=O)OCC(CO)OCn1cnc2c(=O)[nH]c(N)nc21. The van der Waals surface area contributed by atoms with Crippen LogP contribution < -0.4 is 17.0 Å². The molecule has 0 aliphatic heterocycles. The maximum absolute atomic E-state index is 12.6. The van der Waals surface area contributed by atoms with Crippen LogP contribution in [-0.2, 0) is 21.0 Å². The van der Waals surface area contributed by atoms with Gasteiger partial charge in [0.05, 0.1) is 12.9 Å². The summed E-state index contributed by atoms with van der Waals surface area (Å²) in [7, 11) is 0. The standard InChI is InChI=1S/C19H32N6O5/c1-3-5-7-19(21,8-6-4-2)17(28)29-10-13(9-26)30-12-25-11-22-14-15(25)23-18(20)24-16(14)27/h11,13,26H,3-10,12,21H2,1-2H3,(H3,20,23,24,27). The number of carbonyl (C=O) groups is 1. The van der Waals surface area contributed by atoms with Crippen LogP contribution in [-0.4, -0.2) is 55.5 Å². The molecule has 30 heavy (non-hydrogen) atoms. The lowest BCUT2D eigenvalue weighted by Gasteiger charge is -2.28. The number of hydrogen-bond donors (Lipinski definition) is 4. The first-order chi connectivity index (χ1) is 14.3. The van der Waals surface area contributed by atoms with Crippen molar-refractivity contribution in [2.75, 3.05) is 18.9 Å². The lowest BCUT2D eigenvalue weighted by molar-refractivity contribution is -0.157. The van der Waals surface area contributed by atoms with Gasteiger partial charge in [-0.1, -0.05) is 39.5 Å². The molecule has 11 nitrogen and oxygen atoms in total. The summed E-state index contributed by atoms with van der Waals surface area (Å²) in [5.74, 6) is -0.527. The number of aromatic nitrogens is 4. The van der Waals surface area contributed by atoms with Gasteiger partial charge in [0.2, 0.25) is 5.95 Å². The number of hydrogen-bond acceptors (Lipinski definition) is 9. The Hall–Kier alpha value is -2.50. The Balaban J connectivity index is 1.97. The molecule has 2 rings (SSSR count). The van der Waals surface area contributed by atoms with E-state index in [0.717, 1.165) is 25.7 Å². The minimum Gasteiger partial charge on any atom is -0.461 e. The number of carbonyl (C=O) groups excluding carboxylic acids is 1. The monoisotopic (exact) mass is 424 g/mol. The molecule has 11 heteroatoms. The number of aliphatic hydroxyl groups is 1. The summed E-state index contributed by atoms with van der Waals surface area (Å²) in [5.41, 5.74) is 10.8. The number of esters is 1. The van der Waals surface area contributed by atoms with Crippen LogP contribution in [0, 0.1) is 0 Å². The number of aromatic amines is 1. The Morgan fingerprint density at radius 2 is 2.00 bits per heavy atom. The number of nitrogens with one attached hydrogen (secondary N) is 1. The van der Waals surface area contributed by atoms with E-state index < -0.39 is 23.2 Å². The summed E-state index contributed by atoms with van der Waals surface area (Å²) >= 11 is 0. The number of rotatable bonds is 13. The van der Waals surface area contributed by atoms with Crippen LogP contribution in [0.1, 0.15) is 52.4 Å². The number of ether oxygens (including phenoxy) is 2. The van der Waals surface area contributed by atoms with Crippen LogP contribution in [0.4, 0.5) is 5.95 Å². The molecular formula is C19H32N6O5. The second kappa shape index (κ2) is 11.0. The summed E-state index contributed by atoms with van der Waals surface area (Å²) in [6.07, 6.45) is 5.24. The Kier molecular flexibility index (Phi) is 8.75. The van der Waals surface area contributed by atoms with E-state index >= 15 is 0 Å². The largest absolute Gasteiger partial charge is 0.461 e. The van der Waals surface area contributed by atoms with E-state index in [9.17, 15) is 14.7 Å². The van der Waals surface area contributed by atoms with E-state index in [0.29, 0.717) is 12.8 Å². The van der Waals surface area contributed by atoms with Crippen molar-refractivity contribution in [1.82, 2.24) is 19.5 Å². The molecule has 0 aliphatic rings. The van der Waals surface area contributed by atoms with Gasteiger partial charge in [-0.05, 0) is 12.8 Å². The Labute approximate surface area is 174 Å². The molecular weight excluding hydrogens is 392 g/mol. The third-order valence-electron chi connectivity index (χ3n) is 4.91. The maximum Gasteiger partial charge on any atom is 0.326 e. The second-order valence-electron chi connectivity index (χ2n) is 7.40. The van der Waals surface area contributed by atoms with E-state index in [4.69, 9.17) is 20.9 Å². The average Bonchev–Trinajstić information content (AvgIpc) is 3.13. The Bertz CT molecular complexity index is 872. The van der Waals surface area contributed by atoms with E-state index in [1.165, 1.54) is 10.9 Å². The van der Waals surface area contributed by atoms with Crippen molar-refractivity contribution in [2.45, 2.75) is 70.7 Å². The zero-order valence-corrected chi connectivity index (χ0v) is 17.6. The molecule has 6 N–H and O–H groups in total. The Morgan fingerprint density at radius 1 is 1.33 bits per heavy atom. The topological polar surface area (TPSA) is 171 Å². The lowest BCUT2D eigenvalue weighted by atomic mass is 9.88. The van der Waals surface area contributed by atoms with E-state index in [-0.39, 0.29) is 37.1 Å². The highest BCUT2D eigenvalue weighted by atomic mass is 16.6. The molecule has 0 amide bonds. The predicted octanol–water partition coefficient (Wildman–Crippen LogP) is 0.658. The van der Waals surface area contributed by atoms with Crippen molar-refractivity contribution in [3.05, 3.63) is 16.7 Å². The van der Waals surface area contributed by atoms with Crippen molar-refractivity contribution in [1.29, 1.82) is 0 Å². The van der Waals surface area contributed by atoms with Gasteiger partial charge >= 0.3 is 5.97 Å². The summed E-state index contributed by atoms with van der Waals surface area (Å²) < 4.78 is 12.5. The fraction of sp³-hybridized carbons (Fsp3) is 0.684. The smallest absolute Gasteiger partial charge is 0.326 e. The molecule has 168 valence electrons. The van der Waals surface area contributed by atoms with E-state index in [1.54, 1.807) is 0 Å². The number of fused-ring (bicyclic) bond motifs is 1. The quantitative estimate of drug-likeness (QED) is 0.337. The zero-order valence-electron chi connectivity index (χ0n) is 17.6. The molecule has 0 aliphatic carbocycles. The van der Waals surface area contributed by atoms with E-state index in [1.807, 2.05) is 13.8 Å². The minimum atomic E-state index is -1.03. The van der Waals surface area contributed by atoms with Crippen molar-refractivity contribution in [2.24, 2.45) is 5.73 Å². The van der Waals surface area contributed by atoms with Crippen LogP contribution >= 0.6 is 0 Å². The van der Waals surface area contributed by atoms with Crippen LogP contribution in [0.5, 0.6) is 0 Å². The first-order valence-corrected chi connectivity index (χ1v) is 10.2. The second-order valence-corrected chi connectivity index (χ2v) is 7.40. The van der Waals surface area contributed by atoms with Gasteiger partial charge in [0.1, 0.15) is 25.0 Å². The van der Waals surface area contributed by atoms with Gasteiger partial charge in [-0.3, -0.25) is 19.1 Å². The summed E-state index contributed by atoms with van der Waals surface area (Å²) in [4.78, 5) is 34.8. The Morgan fingerprint density at radius 3 is 2.60 bits per heavy atom. The van der Waals surface area contributed by atoms with Crippen molar-refractivity contribution < 1.29 is 19.4 Å². The van der Waals surface area contributed by atoms with Gasteiger partial charge in [-0.15, -0.1) is 0 Å². The number of nitrogens with two attached hydrogens (primary N) is 2. The van der Waals surface area contributed by atoms with Crippen LogP contribution in [0.25, 0.3) is 11.2 Å². The van der Waals surface area contributed by atoms with Gasteiger partial charge in [0.25, 0.3) is 5.56 Å². The molecule has 0 fully saturated rings. The highest BCUT2D eigenvalue weighted by Gasteiger charge is 2.34. The number of nitrogen functional groups attached to an aromatic ring is 1. The molecule has 0 radical (unpaired) electrons. The molecule has 2 aromatic rings. The summed E-state index contributed by atoms with van der Waals surface area (Å²) in [6, 6.07) is 0. The molecule has 1 unspecified atom stereocenters. The van der Waals surface area contributed by atoms with Gasteiger partial charge in [-0.25, -0.2) is 4.98 Å². The third-order valence-corrected chi connectivity index (χ3v) is 4.91. The van der Waals surface area contributed by atoms with E-state index in [2.05, 4.69) is 15.0 Å². The molecule has 0 bridgehead atoms. The normalized spacial score (nSPS) is 12.9. The molecule has 0 saturated heterocycles. The first kappa shape index (κ1) is 23.8. The summed E-state index contributed by atoms with van der Waals surface area (Å²) in [5, 5.41) is 9.59. The summed E-state index contributed by atoms with van der Waals surface area (Å²) in [6.45, 7) is 3.51. The average molecular weight is 425 g/mol. The lowest BCUT2D eigenvalue weighted by Crippen LogP contribution is -2.49. The van der Waals surface area contributed by atoms with Crippen LogP contribution in [0.2, 0.25) is 0 Å². The molecule has 0 saturated carbocycles. The molecule has 2 heterocycles. The minimum absolute atomic E-state index is 0.0414.